The van der Waals surface area contributed by atoms with Gasteiger partial charge in [0.15, 0.2) is 0 Å². The molecule has 1 heterocycles. The van der Waals surface area contributed by atoms with Crippen molar-refractivity contribution >= 4 is 11.6 Å². The number of carbonyl (C=O) groups is 1. The predicted molar refractivity (Wildman–Crippen MR) is 108 cm³/mol. The fourth-order valence-corrected chi connectivity index (χ4v) is 3.27. The maximum absolute atomic E-state index is 12.5. The second kappa shape index (κ2) is 7.58. The number of amides is 1. The summed E-state index contributed by atoms with van der Waals surface area (Å²) in [7, 11) is 0. The third kappa shape index (κ3) is 4.14. The number of aromatic nitrogens is 2. The molecule has 0 atom stereocenters. The summed E-state index contributed by atoms with van der Waals surface area (Å²) in [5.74, 6) is 0.262. The maximum Gasteiger partial charge on any atom is 0.254 e. The van der Waals surface area contributed by atoms with Gasteiger partial charge in [-0.05, 0) is 38.8 Å². The van der Waals surface area contributed by atoms with Crippen molar-refractivity contribution in [3.63, 3.8) is 0 Å². The second-order valence-corrected chi connectivity index (χ2v) is 6.80. The highest BCUT2D eigenvalue weighted by atomic mass is 16.2. The zero-order chi connectivity index (χ0) is 19.6. The van der Waals surface area contributed by atoms with Crippen LogP contribution in [0.5, 0.6) is 0 Å². The molecule has 0 saturated heterocycles. The van der Waals surface area contributed by atoms with Crippen molar-refractivity contribution in [1.82, 2.24) is 9.55 Å². The number of nitrogens with zero attached hydrogens (tertiary/aromatic N) is 2. The van der Waals surface area contributed by atoms with Crippen LogP contribution in [0.25, 0.3) is 11.3 Å². The van der Waals surface area contributed by atoms with Gasteiger partial charge in [-0.1, -0.05) is 48.0 Å². The van der Waals surface area contributed by atoms with E-state index in [0.717, 1.165) is 27.9 Å². The highest BCUT2D eigenvalue weighted by Crippen LogP contribution is 2.22. The molecule has 0 radical (unpaired) electrons. The monoisotopic (exact) mass is 361 g/mol. The van der Waals surface area contributed by atoms with Crippen LogP contribution in [0.4, 0.5) is 5.69 Å². The lowest BCUT2D eigenvalue weighted by atomic mass is 10.1. The predicted octanol–water partition coefficient (Wildman–Crippen LogP) is 3.78. The highest BCUT2D eigenvalue weighted by molar-refractivity contribution is 5.92. The molecule has 3 rings (SSSR count). The Morgan fingerprint density at radius 3 is 2.22 bits per heavy atom. The standard InChI is InChI=1S/C22H23N3O2/c1-14-10-15(2)22(16(3)11-14)24-20(26)13-25-17(4)23-19(12-21(25)27)18-8-6-5-7-9-18/h5-12H,13H2,1-4H3,(H,24,26). The van der Waals surface area contributed by atoms with Gasteiger partial charge in [0.2, 0.25) is 5.91 Å². The minimum Gasteiger partial charge on any atom is -0.324 e. The molecule has 0 aliphatic carbocycles. The Morgan fingerprint density at radius 1 is 1.00 bits per heavy atom. The van der Waals surface area contributed by atoms with Gasteiger partial charge >= 0.3 is 0 Å². The molecule has 0 saturated carbocycles. The molecule has 5 heteroatoms. The van der Waals surface area contributed by atoms with Crippen LogP contribution in [0.15, 0.2) is 53.3 Å². The average molecular weight is 361 g/mol. The smallest absolute Gasteiger partial charge is 0.254 e. The second-order valence-electron chi connectivity index (χ2n) is 6.80. The third-order valence-electron chi connectivity index (χ3n) is 4.51. The zero-order valence-corrected chi connectivity index (χ0v) is 16.0. The fraction of sp³-hybridized carbons (Fsp3) is 0.227. The largest absolute Gasteiger partial charge is 0.324 e. The minimum absolute atomic E-state index is 0.0699. The van der Waals surface area contributed by atoms with E-state index in [1.54, 1.807) is 6.92 Å². The minimum atomic E-state index is -0.246. The molecule has 0 fully saturated rings. The van der Waals surface area contributed by atoms with Crippen LogP contribution in [0.3, 0.4) is 0 Å². The van der Waals surface area contributed by atoms with Crippen LogP contribution >= 0.6 is 0 Å². The van der Waals surface area contributed by atoms with Crippen LogP contribution in [0.2, 0.25) is 0 Å². The maximum atomic E-state index is 12.5. The molecule has 0 unspecified atom stereocenters. The van der Waals surface area contributed by atoms with Crippen molar-refractivity contribution in [2.75, 3.05) is 5.32 Å². The first-order chi connectivity index (χ1) is 12.8. The van der Waals surface area contributed by atoms with Gasteiger partial charge in [-0.25, -0.2) is 4.98 Å². The first kappa shape index (κ1) is 18.6. The zero-order valence-electron chi connectivity index (χ0n) is 16.0. The summed E-state index contributed by atoms with van der Waals surface area (Å²) in [6.45, 7) is 7.62. The number of nitrogens with one attached hydrogen (secondary N) is 1. The van der Waals surface area contributed by atoms with E-state index in [1.165, 1.54) is 10.6 Å². The van der Waals surface area contributed by atoms with Crippen LogP contribution in [0.1, 0.15) is 22.5 Å². The molecule has 138 valence electrons. The Kier molecular flexibility index (Phi) is 5.21. The highest BCUT2D eigenvalue weighted by Gasteiger charge is 2.13. The van der Waals surface area contributed by atoms with Crippen LogP contribution in [-0.2, 0) is 11.3 Å². The van der Waals surface area contributed by atoms with E-state index in [2.05, 4.69) is 10.3 Å². The summed E-state index contributed by atoms with van der Waals surface area (Å²) < 4.78 is 1.39. The van der Waals surface area contributed by atoms with Gasteiger partial charge in [-0.15, -0.1) is 0 Å². The van der Waals surface area contributed by atoms with E-state index in [9.17, 15) is 9.59 Å². The SMILES string of the molecule is Cc1cc(C)c(NC(=O)Cn2c(C)nc(-c3ccccc3)cc2=O)c(C)c1. The third-order valence-corrected chi connectivity index (χ3v) is 4.51. The molecule has 2 aromatic carbocycles. The van der Waals surface area contributed by atoms with Crippen molar-refractivity contribution in [2.24, 2.45) is 0 Å². The number of hydrogen-bond acceptors (Lipinski definition) is 3. The molecular weight excluding hydrogens is 338 g/mol. The number of hydrogen-bond donors (Lipinski definition) is 1. The summed E-state index contributed by atoms with van der Waals surface area (Å²) in [6, 6.07) is 15.0. The van der Waals surface area contributed by atoms with Crippen LogP contribution < -0.4 is 10.9 Å². The van der Waals surface area contributed by atoms with Gasteiger partial charge < -0.3 is 5.32 Å². The molecule has 0 aliphatic rings. The molecule has 27 heavy (non-hydrogen) atoms. The Labute approximate surface area is 158 Å². The molecule has 1 N–H and O–H groups in total. The van der Waals surface area contributed by atoms with Crippen molar-refractivity contribution in [3.8, 4) is 11.3 Å². The average Bonchev–Trinajstić information content (AvgIpc) is 2.62. The normalized spacial score (nSPS) is 10.7. The van der Waals surface area contributed by atoms with Crippen LogP contribution in [0, 0.1) is 27.7 Å². The Morgan fingerprint density at radius 2 is 1.63 bits per heavy atom. The molecule has 1 aromatic heterocycles. The number of rotatable bonds is 4. The van der Waals surface area contributed by atoms with Gasteiger partial charge in [-0.2, -0.15) is 0 Å². The molecule has 3 aromatic rings. The quantitative estimate of drug-likeness (QED) is 0.769. The lowest BCUT2D eigenvalue weighted by Gasteiger charge is -2.14. The van der Waals surface area contributed by atoms with Gasteiger partial charge in [0.1, 0.15) is 12.4 Å². The lowest BCUT2D eigenvalue weighted by molar-refractivity contribution is -0.116. The summed E-state index contributed by atoms with van der Waals surface area (Å²) in [5, 5.41) is 2.93. The Hall–Kier alpha value is -3.21. The molecule has 0 aliphatic heterocycles. The van der Waals surface area contributed by atoms with E-state index in [-0.39, 0.29) is 18.0 Å². The molecule has 1 amide bonds. The van der Waals surface area contributed by atoms with Crippen molar-refractivity contribution in [3.05, 3.63) is 81.4 Å². The van der Waals surface area contributed by atoms with E-state index >= 15 is 0 Å². The van der Waals surface area contributed by atoms with Gasteiger partial charge in [0, 0.05) is 17.3 Å². The Balaban J connectivity index is 1.84. The van der Waals surface area contributed by atoms with Crippen molar-refractivity contribution in [2.45, 2.75) is 34.2 Å². The van der Waals surface area contributed by atoms with E-state index < -0.39 is 0 Å². The van der Waals surface area contributed by atoms with Crippen molar-refractivity contribution < 1.29 is 4.79 Å². The molecule has 0 spiro atoms. The number of aryl methyl sites for hydroxylation is 4. The number of benzene rings is 2. The molecular formula is C22H23N3O2. The van der Waals surface area contributed by atoms with Crippen LogP contribution in [-0.4, -0.2) is 15.5 Å². The lowest BCUT2D eigenvalue weighted by Crippen LogP contribution is -2.30. The summed E-state index contributed by atoms with van der Waals surface area (Å²) in [6.07, 6.45) is 0. The molecule has 5 nitrogen and oxygen atoms in total. The number of anilines is 1. The summed E-state index contributed by atoms with van der Waals surface area (Å²) >= 11 is 0. The topological polar surface area (TPSA) is 64.0 Å². The van der Waals surface area contributed by atoms with E-state index in [4.69, 9.17) is 0 Å². The molecule has 0 bridgehead atoms. The summed E-state index contributed by atoms with van der Waals surface area (Å²) in [4.78, 5) is 29.6. The van der Waals surface area contributed by atoms with Gasteiger partial charge in [0.05, 0.1) is 5.69 Å². The van der Waals surface area contributed by atoms with Gasteiger partial charge in [0.25, 0.3) is 5.56 Å². The van der Waals surface area contributed by atoms with Crippen molar-refractivity contribution in [1.29, 1.82) is 0 Å². The first-order valence-corrected chi connectivity index (χ1v) is 8.87. The number of carbonyl (C=O) groups excluding carboxylic acids is 1. The first-order valence-electron chi connectivity index (χ1n) is 8.87. The summed E-state index contributed by atoms with van der Waals surface area (Å²) in [5.41, 5.74) is 5.19. The van der Waals surface area contributed by atoms with E-state index in [1.807, 2.05) is 63.2 Å². The fourth-order valence-electron chi connectivity index (χ4n) is 3.27. The Bertz CT molecular complexity index is 1030. The van der Waals surface area contributed by atoms with E-state index in [0.29, 0.717) is 11.5 Å². The van der Waals surface area contributed by atoms with Gasteiger partial charge in [-0.3, -0.25) is 14.2 Å².